The molecule has 0 aliphatic carbocycles. The Balaban J connectivity index is 0. The standard InChI is InChI=1S/C15H21NO4.Na.H/c17-13-9-6-5-8-12(13)15(20)16-11-7-3-1-2-4-10-14(18)19;;/h5-6,8-9,17H,1-4,7,10-11H2,(H,16,20)(H,18,19);;/q;+1;-1. The number of phenolic OH excluding ortho intramolecular Hbond substituents is 1. The van der Waals surface area contributed by atoms with Crippen molar-refractivity contribution in [2.75, 3.05) is 6.54 Å². The van der Waals surface area contributed by atoms with Crippen LogP contribution in [0.15, 0.2) is 24.3 Å². The molecule has 1 rings (SSSR count). The van der Waals surface area contributed by atoms with E-state index >= 15 is 0 Å². The summed E-state index contributed by atoms with van der Waals surface area (Å²) < 4.78 is 0. The smallest absolute Gasteiger partial charge is 1.00 e. The molecular weight excluding hydrogens is 281 g/mol. The Morgan fingerprint density at radius 1 is 1.05 bits per heavy atom. The van der Waals surface area contributed by atoms with Crippen molar-refractivity contribution in [1.29, 1.82) is 0 Å². The molecule has 6 heteroatoms. The van der Waals surface area contributed by atoms with Gasteiger partial charge in [-0.15, -0.1) is 0 Å². The van der Waals surface area contributed by atoms with Gasteiger partial charge in [0.2, 0.25) is 0 Å². The van der Waals surface area contributed by atoms with E-state index in [1.54, 1.807) is 18.2 Å². The van der Waals surface area contributed by atoms with Gasteiger partial charge in [-0.05, 0) is 25.0 Å². The number of phenols is 1. The Morgan fingerprint density at radius 2 is 1.67 bits per heavy atom. The number of carboxylic acids is 1. The Labute approximate surface area is 148 Å². The zero-order chi connectivity index (χ0) is 14.8. The second kappa shape index (κ2) is 11.6. The van der Waals surface area contributed by atoms with Crippen molar-refractivity contribution in [3.05, 3.63) is 29.8 Å². The van der Waals surface area contributed by atoms with E-state index in [2.05, 4.69) is 5.32 Å². The van der Waals surface area contributed by atoms with Crippen LogP contribution in [-0.4, -0.2) is 28.6 Å². The molecule has 0 atom stereocenters. The molecule has 5 nitrogen and oxygen atoms in total. The van der Waals surface area contributed by atoms with Gasteiger partial charge in [0.15, 0.2) is 0 Å². The second-order valence-corrected chi connectivity index (χ2v) is 4.68. The predicted octanol–water partition coefficient (Wildman–Crippen LogP) is -0.336. The van der Waals surface area contributed by atoms with Gasteiger partial charge in [0.05, 0.1) is 5.56 Å². The van der Waals surface area contributed by atoms with Crippen LogP contribution in [0.1, 0.15) is 50.3 Å². The SMILES string of the molecule is O=C(O)CCCCCCCNC(=O)c1ccccc1O.[H-].[Na+]. The minimum atomic E-state index is -0.750. The van der Waals surface area contributed by atoms with E-state index in [1.807, 2.05) is 0 Å². The summed E-state index contributed by atoms with van der Waals surface area (Å²) in [7, 11) is 0. The minimum Gasteiger partial charge on any atom is -1.00 e. The van der Waals surface area contributed by atoms with Crippen molar-refractivity contribution in [3.63, 3.8) is 0 Å². The quantitative estimate of drug-likeness (QED) is 0.430. The number of para-hydroxylation sites is 1. The number of amides is 1. The van der Waals surface area contributed by atoms with Crippen molar-refractivity contribution in [3.8, 4) is 5.75 Å². The third-order valence-corrected chi connectivity index (χ3v) is 3.00. The van der Waals surface area contributed by atoms with E-state index in [0.717, 1.165) is 25.7 Å². The van der Waals surface area contributed by atoms with Gasteiger partial charge in [-0.25, -0.2) is 0 Å². The van der Waals surface area contributed by atoms with Gasteiger partial charge in [-0.3, -0.25) is 9.59 Å². The molecule has 1 amide bonds. The van der Waals surface area contributed by atoms with Crippen molar-refractivity contribution in [2.24, 2.45) is 0 Å². The van der Waals surface area contributed by atoms with E-state index < -0.39 is 5.97 Å². The molecule has 0 fully saturated rings. The van der Waals surface area contributed by atoms with Crippen molar-refractivity contribution < 1.29 is 50.8 Å². The maximum atomic E-state index is 11.7. The maximum Gasteiger partial charge on any atom is 1.00 e. The summed E-state index contributed by atoms with van der Waals surface area (Å²) in [6.07, 6.45) is 4.62. The molecule has 0 spiro atoms. The number of rotatable bonds is 9. The Morgan fingerprint density at radius 3 is 2.33 bits per heavy atom. The second-order valence-electron chi connectivity index (χ2n) is 4.68. The zero-order valence-electron chi connectivity index (χ0n) is 13.5. The molecule has 3 N–H and O–H groups in total. The minimum absolute atomic E-state index is 0. The summed E-state index contributed by atoms with van der Waals surface area (Å²) in [6.45, 7) is 0.562. The molecule has 112 valence electrons. The first-order valence-electron chi connectivity index (χ1n) is 6.89. The Hall–Kier alpha value is -1.04. The van der Waals surface area contributed by atoms with Crippen LogP contribution < -0.4 is 34.9 Å². The normalized spacial score (nSPS) is 9.71. The van der Waals surface area contributed by atoms with Gasteiger partial charge in [0.1, 0.15) is 5.75 Å². The van der Waals surface area contributed by atoms with Gasteiger partial charge in [0, 0.05) is 13.0 Å². The molecule has 1 aromatic carbocycles. The number of hydrogen-bond donors (Lipinski definition) is 3. The zero-order valence-corrected chi connectivity index (χ0v) is 14.5. The number of nitrogens with one attached hydrogen (secondary N) is 1. The number of unbranched alkanes of at least 4 members (excludes halogenated alkanes) is 4. The molecule has 0 aliphatic rings. The molecule has 1 aromatic rings. The molecule has 0 aliphatic heterocycles. The first kappa shape index (κ1) is 20.0. The van der Waals surface area contributed by atoms with Crippen molar-refractivity contribution in [2.45, 2.75) is 38.5 Å². The fraction of sp³-hybridized carbons (Fsp3) is 0.467. The molecule has 0 unspecified atom stereocenters. The number of benzene rings is 1. The Bertz CT molecular complexity index is 457. The Kier molecular flexibility index (Phi) is 11.0. The largest absolute Gasteiger partial charge is 1.00 e. The molecule has 0 radical (unpaired) electrons. The van der Waals surface area contributed by atoms with Gasteiger partial charge >= 0.3 is 35.5 Å². The predicted molar refractivity (Wildman–Crippen MR) is 76.9 cm³/mol. The fourth-order valence-corrected chi connectivity index (χ4v) is 1.89. The molecule has 0 aromatic heterocycles. The first-order chi connectivity index (χ1) is 9.61. The van der Waals surface area contributed by atoms with Crippen LogP contribution in [0.4, 0.5) is 0 Å². The maximum absolute atomic E-state index is 11.7. The van der Waals surface area contributed by atoms with Crippen LogP contribution in [0.5, 0.6) is 5.75 Å². The summed E-state index contributed by atoms with van der Waals surface area (Å²) in [5.74, 6) is -1.03. The first-order valence-corrected chi connectivity index (χ1v) is 6.89. The van der Waals surface area contributed by atoms with Crippen LogP contribution >= 0.6 is 0 Å². The monoisotopic (exact) mass is 303 g/mol. The van der Waals surface area contributed by atoms with E-state index in [9.17, 15) is 14.7 Å². The third-order valence-electron chi connectivity index (χ3n) is 3.00. The molecular formula is C15H22NNaO4. The third kappa shape index (κ3) is 8.75. The number of carbonyl (C=O) groups is 2. The van der Waals surface area contributed by atoms with Crippen LogP contribution in [0, 0.1) is 0 Å². The van der Waals surface area contributed by atoms with Gasteiger partial charge in [-0.2, -0.15) is 0 Å². The number of carbonyl (C=O) groups excluding carboxylic acids is 1. The average molecular weight is 303 g/mol. The molecule has 0 saturated heterocycles. The van der Waals surface area contributed by atoms with Crippen LogP contribution in [0.3, 0.4) is 0 Å². The molecule has 0 heterocycles. The summed E-state index contributed by atoms with van der Waals surface area (Å²) in [4.78, 5) is 22.0. The van der Waals surface area contributed by atoms with Crippen molar-refractivity contribution in [1.82, 2.24) is 5.32 Å². The average Bonchev–Trinajstić information content (AvgIpc) is 2.41. The number of hydrogen-bond acceptors (Lipinski definition) is 3. The van der Waals surface area contributed by atoms with Gasteiger partial charge < -0.3 is 17.0 Å². The summed E-state index contributed by atoms with van der Waals surface area (Å²) in [5, 5.41) is 20.8. The number of aliphatic carboxylic acids is 1. The van der Waals surface area contributed by atoms with E-state index in [4.69, 9.17) is 5.11 Å². The number of aromatic hydroxyl groups is 1. The molecule has 21 heavy (non-hydrogen) atoms. The molecule has 0 saturated carbocycles. The van der Waals surface area contributed by atoms with Crippen molar-refractivity contribution >= 4 is 11.9 Å². The van der Waals surface area contributed by atoms with Gasteiger partial charge in [-0.1, -0.05) is 31.4 Å². The summed E-state index contributed by atoms with van der Waals surface area (Å²) >= 11 is 0. The van der Waals surface area contributed by atoms with Crippen LogP contribution in [0.2, 0.25) is 0 Å². The van der Waals surface area contributed by atoms with E-state index in [1.165, 1.54) is 6.07 Å². The fourth-order valence-electron chi connectivity index (χ4n) is 1.89. The van der Waals surface area contributed by atoms with E-state index in [0.29, 0.717) is 13.0 Å². The summed E-state index contributed by atoms with van der Waals surface area (Å²) in [5.41, 5.74) is 0.286. The van der Waals surface area contributed by atoms with Gasteiger partial charge in [0.25, 0.3) is 5.91 Å². The van der Waals surface area contributed by atoms with Crippen LogP contribution in [-0.2, 0) is 4.79 Å². The van der Waals surface area contributed by atoms with E-state index in [-0.39, 0.29) is 54.6 Å². The number of carboxylic acid groups (broad SMARTS) is 1. The molecule has 0 bridgehead atoms. The van der Waals surface area contributed by atoms with Crippen LogP contribution in [0.25, 0.3) is 0 Å². The topological polar surface area (TPSA) is 86.6 Å². The summed E-state index contributed by atoms with van der Waals surface area (Å²) in [6, 6.07) is 6.44.